The van der Waals surface area contributed by atoms with Gasteiger partial charge < -0.3 is 10.6 Å². The maximum atomic E-state index is 13.1. The van der Waals surface area contributed by atoms with Crippen molar-refractivity contribution in [3.05, 3.63) is 35.6 Å². The molecule has 1 aromatic rings. The van der Waals surface area contributed by atoms with E-state index in [9.17, 15) is 9.18 Å². The third-order valence-corrected chi connectivity index (χ3v) is 4.33. The SMILES string of the molecule is CC(C)C(NC(=O)C1(C)CCCNC1)c1ccc(F)cc1. The molecule has 0 aromatic heterocycles. The zero-order valence-electron chi connectivity index (χ0n) is 13.1. The molecule has 2 unspecified atom stereocenters. The predicted molar refractivity (Wildman–Crippen MR) is 82.3 cm³/mol. The van der Waals surface area contributed by atoms with E-state index in [1.807, 2.05) is 6.92 Å². The number of carbonyl (C=O) groups excluding carboxylic acids is 1. The molecule has 0 aliphatic carbocycles. The van der Waals surface area contributed by atoms with Gasteiger partial charge in [0, 0.05) is 6.54 Å². The molecule has 2 N–H and O–H groups in total. The second-order valence-corrected chi connectivity index (χ2v) is 6.59. The Morgan fingerprint density at radius 3 is 2.52 bits per heavy atom. The lowest BCUT2D eigenvalue weighted by molar-refractivity contribution is -0.132. The number of rotatable bonds is 4. The number of benzene rings is 1. The quantitative estimate of drug-likeness (QED) is 0.895. The van der Waals surface area contributed by atoms with Crippen LogP contribution in [0.15, 0.2) is 24.3 Å². The molecular formula is C17H25FN2O. The predicted octanol–water partition coefficient (Wildman–Crippen LogP) is 3.03. The summed E-state index contributed by atoms with van der Waals surface area (Å²) in [5.41, 5.74) is 0.595. The van der Waals surface area contributed by atoms with Crippen molar-refractivity contribution in [2.24, 2.45) is 11.3 Å². The molecular weight excluding hydrogens is 267 g/mol. The van der Waals surface area contributed by atoms with Gasteiger partial charge in [-0.3, -0.25) is 4.79 Å². The van der Waals surface area contributed by atoms with E-state index in [2.05, 4.69) is 24.5 Å². The lowest BCUT2D eigenvalue weighted by atomic mass is 9.81. The topological polar surface area (TPSA) is 41.1 Å². The first kappa shape index (κ1) is 16.0. The first-order valence-electron chi connectivity index (χ1n) is 7.69. The molecule has 1 aromatic carbocycles. The summed E-state index contributed by atoms with van der Waals surface area (Å²) < 4.78 is 13.1. The number of carbonyl (C=O) groups is 1. The molecule has 1 fully saturated rings. The summed E-state index contributed by atoms with van der Waals surface area (Å²) in [4.78, 5) is 12.6. The van der Waals surface area contributed by atoms with Crippen molar-refractivity contribution in [3.63, 3.8) is 0 Å². The minimum atomic E-state index is -0.356. The van der Waals surface area contributed by atoms with Crippen LogP contribution in [-0.2, 0) is 4.79 Å². The van der Waals surface area contributed by atoms with Gasteiger partial charge in [-0.05, 0) is 49.9 Å². The molecule has 21 heavy (non-hydrogen) atoms. The van der Waals surface area contributed by atoms with Crippen molar-refractivity contribution in [1.82, 2.24) is 10.6 Å². The molecule has 1 aliphatic heterocycles. The van der Waals surface area contributed by atoms with Crippen LogP contribution in [0.1, 0.15) is 45.2 Å². The van der Waals surface area contributed by atoms with Crippen molar-refractivity contribution >= 4 is 5.91 Å². The molecule has 2 atom stereocenters. The molecule has 0 saturated carbocycles. The van der Waals surface area contributed by atoms with Gasteiger partial charge in [0.05, 0.1) is 11.5 Å². The second kappa shape index (κ2) is 6.56. The fraction of sp³-hybridized carbons (Fsp3) is 0.588. The number of piperidine rings is 1. The van der Waals surface area contributed by atoms with Crippen LogP contribution in [0, 0.1) is 17.2 Å². The van der Waals surface area contributed by atoms with Crippen LogP contribution < -0.4 is 10.6 Å². The minimum Gasteiger partial charge on any atom is -0.349 e. The van der Waals surface area contributed by atoms with Gasteiger partial charge in [0.25, 0.3) is 0 Å². The Morgan fingerprint density at radius 2 is 2.00 bits per heavy atom. The van der Waals surface area contributed by atoms with E-state index in [-0.39, 0.29) is 29.1 Å². The van der Waals surface area contributed by atoms with Gasteiger partial charge in [-0.2, -0.15) is 0 Å². The summed E-state index contributed by atoms with van der Waals surface area (Å²) in [5, 5.41) is 6.46. The van der Waals surface area contributed by atoms with Crippen molar-refractivity contribution < 1.29 is 9.18 Å². The molecule has 0 radical (unpaired) electrons. The van der Waals surface area contributed by atoms with Gasteiger partial charge >= 0.3 is 0 Å². The monoisotopic (exact) mass is 292 g/mol. The number of hydrogen-bond donors (Lipinski definition) is 2. The fourth-order valence-electron chi connectivity index (χ4n) is 2.87. The Labute approximate surface area is 126 Å². The maximum Gasteiger partial charge on any atom is 0.227 e. The zero-order chi connectivity index (χ0) is 15.5. The molecule has 1 aliphatic rings. The summed E-state index contributed by atoms with van der Waals surface area (Å²) in [7, 11) is 0. The van der Waals surface area contributed by atoms with E-state index >= 15 is 0 Å². The van der Waals surface area contributed by atoms with Crippen LogP contribution in [0.3, 0.4) is 0 Å². The van der Waals surface area contributed by atoms with E-state index in [1.54, 1.807) is 12.1 Å². The Kier molecular flexibility index (Phi) is 4.99. The molecule has 0 bridgehead atoms. The molecule has 4 heteroatoms. The zero-order valence-corrected chi connectivity index (χ0v) is 13.1. The van der Waals surface area contributed by atoms with Gasteiger partial charge in [-0.15, -0.1) is 0 Å². The van der Waals surface area contributed by atoms with Crippen LogP contribution >= 0.6 is 0 Å². The van der Waals surface area contributed by atoms with Gasteiger partial charge in [-0.1, -0.05) is 26.0 Å². The molecule has 0 spiro atoms. The Morgan fingerprint density at radius 1 is 1.33 bits per heavy atom. The van der Waals surface area contributed by atoms with E-state index in [1.165, 1.54) is 12.1 Å². The number of amides is 1. The van der Waals surface area contributed by atoms with Gasteiger partial charge in [-0.25, -0.2) is 4.39 Å². The summed E-state index contributed by atoms with van der Waals surface area (Å²) in [6, 6.07) is 6.31. The highest BCUT2D eigenvalue weighted by molar-refractivity contribution is 5.83. The molecule has 1 heterocycles. The standard InChI is InChI=1S/C17H25FN2O/c1-12(2)15(13-5-7-14(18)8-6-13)20-16(21)17(3)9-4-10-19-11-17/h5-8,12,15,19H,4,9-11H2,1-3H3,(H,20,21). The lowest BCUT2D eigenvalue weighted by Crippen LogP contribution is -2.50. The van der Waals surface area contributed by atoms with E-state index in [0.717, 1.165) is 24.9 Å². The Hall–Kier alpha value is -1.42. The average Bonchev–Trinajstić information content (AvgIpc) is 2.46. The molecule has 116 valence electrons. The molecule has 2 rings (SSSR count). The van der Waals surface area contributed by atoms with Crippen molar-refractivity contribution in [2.75, 3.05) is 13.1 Å². The van der Waals surface area contributed by atoms with E-state index in [4.69, 9.17) is 0 Å². The summed E-state index contributed by atoms with van der Waals surface area (Å²) in [6.07, 6.45) is 1.92. The van der Waals surface area contributed by atoms with Crippen LogP contribution in [0.2, 0.25) is 0 Å². The van der Waals surface area contributed by atoms with Crippen LogP contribution in [-0.4, -0.2) is 19.0 Å². The van der Waals surface area contributed by atoms with Crippen LogP contribution in [0.4, 0.5) is 4.39 Å². The van der Waals surface area contributed by atoms with Crippen LogP contribution in [0.5, 0.6) is 0 Å². The third kappa shape index (κ3) is 3.82. The summed E-state index contributed by atoms with van der Waals surface area (Å²) in [6.45, 7) is 7.84. The number of nitrogens with one attached hydrogen (secondary N) is 2. The second-order valence-electron chi connectivity index (χ2n) is 6.59. The van der Waals surface area contributed by atoms with Crippen molar-refractivity contribution in [1.29, 1.82) is 0 Å². The molecule has 3 nitrogen and oxygen atoms in total. The highest BCUT2D eigenvalue weighted by Gasteiger charge is 2.36. The largest absolute Gasteiger partial charge is 0.349 e. The van der Waals surface area contributed by atoms with Crippen molar-refractivity contribution in [2.45, 2.75) is 39.7 Å². The Balaban J connectivity index is 2.12. The summed E-state index contributed by atoms with van der Waals surface area (Å²) in [5.74, 6) is 0.0771. The fourth-order valence-corrected chi connectivity index (χ4v) is 2.87. The van der Waals surface area contributed by atoms with Gasteiger partial charge in [0.1, 0.15) is 5.82 Å². The first-order chi connectivity index (χ1) is 9.92. The normalized spacial score (nSPS) is 23.9. The van der Waals surface area contributed by atoms with Crippen molar-refractivity contribution in [3.8, 4) is 0 Å². The third-order valence-electron chi connectivity index (χ3n) is 4.33. The average molecular weight is 292 g/mol. The summed E-state index contributed by atoms with van der Waals surface area (Å²) >= 11 is 0. The lowest BCUT2D eigenvalue weighted by Gasteiger charge is -2.35. The van der Waals surface area contributed by atoms with E-state index < -0.39 is 0 Å². The highest BCUT2D eigenvalue weighted by atomic mass is 19.1. The number of halogens is 1. The molecule has 1 amide bonds. The smallest absolute Gasteiger partial charge is 0.227 e. The van der Waals surface area contributed by atoms with Crippen LogP contribution in [0.25, 0.3) is 0 Å². The highest BCUT2D eigenvalue weighted by Crippen LogP contribution is 2.29. The number of hydrogen-bond acceptors (Lipinski definition) is 2. The first-order valence-corrected chi connectivity index (χ1v) is 7.69. The van der Waals surface area contributed by atoms with Gasteiger partial charge in [0.15, 0.2) is 0 Å². The molecule has 1 saturated heterocycles. The Bertz CT molecular complexity index is 478. The van der Waals surface area contributed by atoms with Gasteiger partial charge in [0.2, 0.25) is 5.91 Å². The van der Waals surface area contributed by atoms with E-state index in [0.29, 0.717) is 6.54 Å². The maximum absolute atomic E-state index is 13.1. The minimum absolute atomic E-state index is 0.0812.